The highest BCUT2D eigenvalue weighted by atomic mass is 16.5. The standard InChI is InChI=1S/C19H36N4O2/c1-20-18(22-13-6-12-21-17(24)16-7-5-8-16)23-15-19(11-14-25-2)9-3-4-10-19/h16H,3-15H2,1-2H3,(H,21,24)(H2,20,22,23). The molecule has 1 amide bonds. The van der Waals surface area contributed by atoms with Gasteiger partial charge in [0.05, 0.1) is 0 Å². The number of amides is 1. The molecule has 2 aliphatic carbocycles. The summed E-state index contributed by atoms with van der Waals surface area (Å²) in [5.41, 5.74) is 0.352. The maximum atomic E-state index is 11.8. The SMILES string of the molecule is CN=C(NCCCNC(=O)C1CCC1)NCC1(CCOC)CCCC1. The van der Waals surface area contributed by atoms with Crippen LogP contribution in [0.15, 0.2) is 4.99 Å². The van der Waals surface area contributed by atoms with Gasteiger partial charge in [0.1, 0.15) is 0 Å². The highest BCUT2D eigenvalue weighted by molar-refractivity contribution is 5.80. The molecule has 6 heteroatoms. The number of guanidine groups is 1. The highest BCUT2D eigenvalue weighted by Crippen LogP contribution is 2.40. The Morgan fingerprint density at radius 3 is 2.44 bits per heavy atom. The van der Waals surface area contributed by atoms with Gasteiger partial charge in [-0.3, -0.25) is 9.79 Å². The van der Waals surface area contributed by atoms with Crippen molar-refractivity contribution in [3.05, 3.63) is 0 Å². The monoisotopic (exact) mass is 352 g/mol. The van der Waals surface area contributed by atoms with E-state index in [1.807, 2.05) is 7.05 Å². The number of carbonyl (C=O) groups is 1. The van der Waals surface area contributed by atoms with Crippen LogP contribution in [0.4, 0.5) is 0 Å². The number of rotatable bonds is 10. The first kappa shape index (κ1) is 20.0. The number of methoxy groups -OCH3 is 1. The molecule has 0 aliphatic heterocycles. The van der Waals surface area contributed by atoms with E-state index in [1.54, 1.807) is 7.11 Å². The zero-order chi connectivity index (χ0) is 18.0. The molecule has 0 saturated heterocycles. The lowest BCUT2D eigenvalue weighted by atomic mass is 9.83. The smallest absolute Gasteiger partial charge is 0.223 e. The lowest BCUT2D eigenvalue weighted by Gasteiger charge is -2.30. The van der Waals surface area contributed by atoms with Crippen LogP contribution >= 0.6 is 0 Å². The Hall–Kier alpha value is -1.30. The molecular formula is C19H36N4O2. The Bertz CT molecular complexity index is 429. The van der Waals surface area contributed by atoms with Gasteiger partial charge in [0.25, 0.3) is 0 Å². The van der Waals surface area contributed by atoms with E-state index in [1.165, 1.54) is 32.1 Å². The molecule has 2 fully saturated rings. The van der Waals surface area contributed by atoms with Gasteiger partial charge in [-0.15, -0.1) is 0 Å². The Labute approximate surface area is 152 Å². The van der Waals surface area contributed by atoms with Crippen LogP contribution in [0.5, 0.6) is 0 Å². The van der Waals surface area contributed by atoms with Gasteiger partial charge in [0.15, 0.2) is 5.96 Å². The summed E-state index contributed by atoms with van der Waals surface area (Å²) in [5, 5.41) is 9.88. The van der Waals surface area contributed by atoms with Crippen molar-refractivity contribution >= 4 is 11.9 Å². The maximum absolute atomic E-state index is 11.8. The average Bonchev–Trinajstić information content (AvgIpc) is 3.03. The molecule has 3 N–H and O–H groups in total. The largest absolute Gasteiger partial charge is 0.385 e. The minimum Gasteiger partial charge on any atom is -0.385 e. The summed E-state index contributed by atoms with van der Waals surface area (Å²) < 4.78 is 5.29. The van der Waals surface area contributed by atoms with Crippen LogP contribution in [0.3, 0.4) is 0 Å². The van der Waals surface area contributed by atoms with Crippen molar-refractivity contribution in [1.82, 2.24) is 16.0 Å². The Morgan fingerprint density at radius 2 is 1.84 bits per heavy atom. The maximum Gasteiger partial charge on any atom is 0.223 e. The number of hydrogen-bond donors (Lipinski definition) is 3. The summed E-state index contributed by atoms with van der Waals surface area (Å²) in [7, 11) is 3.59. The van der Waals surface area contributed by atoms with Gasteiger partial charge < -0.3 is 20.7 Å². The predicted octanol–water partition coefficient (Wildman–Crippen LogP) is 2.05. The molecule has 0 unspecified atom stereocenters. The Kier molecular flexibility index (Phi) is 8.52. The van der Waals surface area contributed by atoms with E-state index in [2.05, 4.69) is 20.9 Å². The van der Waals surface area contributed by atoms with E-state index >= 15 is 0 Å². The first-order valence-corrected chi connectivity index (χ1v) is 9.90. The van der Waals surface area contributed by atoms with Gasteiger partial charge in [0, 0.05) is 46.3 Å². The topological polar surface area (TPSA) is 74.8 Å². The molecule has 144 valence electrons. The van der Waals surface area contributed by atoms with Crippen molar-refractivity contribution in [2.75, 3.05) is 40.4 Å². The van der Waals surface area contributed by atoms with E-state index in [4.69, 9.17) is 4.74 Å². The molecule has 2 rings (SSSR count). The van der Waals surface area contributed by atoms with Crippen LogP contribution in [-0.4, -0.2) is 52.3 Å². The van der Waals surface area contributed by atoms with Crippen molar-refractivity contribution < 1.29 is 9.53 Å². The highest BCUT2D eigenvalue weighted by Gasteiger charge is 2.33. The molecule has 6 nitrogen and oxygen atoms in total. The molecule has 2 aliphatic rings. The number of nitrogens with zero attached hydrogens (tertiary/aromatic N) is 1. The first-order chi connectivity index (χ1) is 12.2. The van der Waals surface area contributed by atoms with Crippen molar-refractivity contribution in [1.29, 1.82) is 0 Å². The van der Waals surface area contributed by atoms with E-state index in [9.17, 15) is 4.79 Å². The van der Waals surface area contributed by atoms with Gasteiger partial charge in [-0.25, -0.2) is 0 Å². The van der Waals surface area contributed by atoms with Crippen molar-refractivity contribution in [3.8, 4) is 0 Å². The lowest BCUT2D eigenvalue weighted by molar-refractivity contribution is -0.127. The molecule has 25 heavy (non-hydrogen) atoms. The van der Waals surface area contributed by atoms with E-state index in [0.29, 0.717) is 5.41 Å². The van der Waals surface area contributed by atoms with E-state index in [-0.39, 0.29) is 11.8 Å². The molecular weight excluding hydrogens is 316 g/mol. The minimum absolute atomic E-state index is 0.232. The quantitative estimate of drug-likeness (QED) is 0.320. The van der Waals surface area contributed by atoms with Crippen LogP contribution in [0.2, 0.25) is 0 Å². The second-order valence-corrected chi connectivity index (χ2v) is 7.57. The molecule has 0 atom stereocenters. The summed E-state index contributed by atoms with van der Waals surface area (Å²) in [6.07, 6.45) is 10.5. The van der Waals surface area contributed by atoms with Crippen LogP contribution in [0, 0.1) is 11.3 Å². The zero-order valence-electron chi connectivity index (χ0n) is 16.0. The Morgan fingerprint density at radius 1 is 1.12 bits per heavy atom. The van der Waals surface area contributed by atoms with Gasteiger partial charge in [-0.05, 0) is 43.9 Å². The third-order valence-corrected chi connectivity index (χ3v) is 5.78. The zero-order valence-corrected chi connectivity index (χ0v) is 16.0. The van der Waals surface area contributed by atoms with E-state index < -0.39 is 0 Å². The number of hydrogen-bond acceptors (Lipinski definition) is 3. The van der Waals surface area contributed by atoms with Crippen LogP contribution in [0.25, 0.3) is 0 Å². The summed E-state index contributed by atoms with van der Waals surface area (Å²) in [5.74, 6) is 1.36. The first-order valence-electron chi connectivity index (χ1n) is 9.90. The number of aliphatic imine (C=N–C) groups is 1. The summed E-state index contributed by atoms with van der Waals surface area (Å²) >= 11 is 0. The Balaban J connectivity index is 1.60. The third kappa shape index (κ3) is 6.49. The fraction of sp³-hybridized carbons (Fsp3) is 0.895. The number of ether oxygens (including phenoxy) is 1. The second kappa shape index (κ2) is 10.6. The van der Waals surface area contributed by atoms with Crippen molar-refractivity contribution in [3.63, 3.8) is 0 Å². The predicted molar refractivity (Wildman–Crippen MR) is 102 cm³/mol. The molecule has 0 aromatic heterocycles. The molecule has 0 spiro atoms. The summed E-state index contributed by atoms with van der Waals surface area (Å²) in [4.78, 5) is 16.1. The molecule has 0 aromatic carbocycles. The van der Waals surface area contributed by atoms with Gasteiger partial charge in [-0.2, -0.15) is 0 Å². The fourth-order valence-corrected chi connectivity index (χ4v) is 3.77. The van der Waals surface area contributed by atoms with Gasteiger partial charge in [0.2, 0.25) is 5.91 Å². The van der Waals surface area contributed by atoms with E-state index in [0.717, 1.165) is 57.9 Å². The molecule has 0 heterocycles. The lowest BCUT2D eigenvalue weighted by Crippen LogP contribution is -2.44. The second-order valence-electron chi connectivity index (χ2n) is 7.57. The summed E-state index contributed by atoms with van der Waals surface area (Å²) in [6, 6.07) is 0. The average molecular weight is 353 g/mol. The van der Waals surface area contributed by atoms with Crippen molar-refractivity contribution in [2.45, 2.75) is 57.8 Å². The number of nitrogens with one attached hydrogen (secondary N) is 3. The number of carbonyl (C=O) groups excluding carboxylic acids is 1. The normalized spacial score (nSPS) is 20.2. The van der Waals surface area contributed by atoms with Crippen LogP contribution < -0.4 is 16.0 Å². The molecule has 0 bridgehead atoms. The fourth-order valence-electron chi connectivity index (χ4n) is 3.77. The molecule has 2 saturated carbocycles. The van der Waals surface area contributed by atoms with Gasteiger partial charge in [-0.1, -0.05) is 19.3 Å². The van der Waals surface area contributed by atoms with Crippen molar-refractivity contribution in [2.24, 2.45) is 16.3 Å². The molecule has 0 radical (unpaired) electrons. The van der Waals surface area contributed by atoms with Crippen LogP contribution in [-0.2, 0) is 9.53 Å². The summed E-state index contributed by atoms with van der Waals surface area (Å²) in [6.45, 7) is 3.33. The third-order valence-electron chi connectivity index (χ3n) is 5.78. The van der Waals surface area contributed by atoms with Crippen LogP contribution in [0.1, 0.15) is 57.8 Å². The van der Waals surface area contributed by atoms with Gasteiger partial charge >= 0.3 is 0 Å². The minimum atomic E-state index is 0.232. The molecule has 0 aromatic rings.